The number of phenols is 1. The number of aromatic hydroxyl groups is 1. The van der Waals surface area contributed by atoms with E-state index in [0.29, 0.717) is 11.8 Å². The highest BCUT2D eigenvalue weighted by molar-refractivity contribution is 5.52. The van der Waals surface area contributed by atoms with Crippen molar-refractivity contribution in [2.75, 3.05) is 5.32 Å². The predicted molar refractivity (Wildman–Crippen MR) is 78.7 cm³/mol. The molecule has 0 heterocycles. The molecule has 0 saturated carbocycles. The third-order valence-corrected chi connectivity index (χ3v) is 4.05. The van der Waals surface area contributed by atoms with Crippen LogP contribution in [0.5, 0.6) is 5.75 Å². The van der Waals surface area contributed by atoms with Crippen LogP contribution in [0.3, 0.4) is 0 Å². The Labute approximate surface area is 114 Å². The van der Waals surface area contributed by atoms with E-state index < -0.39 is 0 Å². The molecule has 0 radical (unpaired) electrons. The molecule has 0 aromatic heterocycles. The number of benzene rings is 2. The molecule has 3 rings (SSSR count). The largest absolute Gasteiger partial charge is 0.508 e. The molecule has 98 valence electrons. The first-order valence-corrected chi connectivity index (χ1v) is 6.79. The highest BCUT2D eigenvalue weighted by Crippen LogP contribution is 2.35. The van der Waals surface area contributed by atoms with E-state index in [9.17, 15) is 5.11 Å². The third-order valence-electron chi connectivity index (χ3n) is 4.05. The van der Waals surface area contributed by atoms with Crippen molar-refractivity contribution in [1.82, 2.24) is 0 Å². The van der Waals surface area contributed by atoms with Gasteiger partial charge in [-0.15, -0.1) is 0 Å². The average Bonchev–Trinajstić information content (AvgIpc) is 2.76. The summed E-state index contributed by atoms with van der Waals surface area (Å²) in [6, 6.07) is 12.6. The summed E-state index contributed by atoms with van der Waals surface area (Å²) in [6.07, 6.45) is 2.12. The first kappa shape index (κ1) is 12.1. The summed E-state index contributed by atoms with van der Waals surface area (Å²) in [6.45, 7) is 4.27. The molecule has 2 N–H and O–H groups in total. The smallest absolute Gasteiger partial charge is 0.115 e. The highest BCUT2D eigenvalue weighted by atomic mass is 16.3. The Kier molecular flexibility index (Phi) is 2.94. The minimum Gasteiger partial charge on any atom is -0.508 e. The van der Waals surface area contributed by atoms with Crippen molar-refractivity contribution in [1.29, 1.82) is 0 Å². The van der Waals surface area contributed by atoms with Crippen molar-refractivity contribution in [3.8, 4) is 5.75 Å². The van der Waals surface area contributed by atoms with Gasteiger partial charge in [-0.25, -0.2) is 0 Å². The predicted octanol–water partition coefficient (Wildman–Crippen LogP) is 4.11. The van der Waals surface area contributed by atoms with Gasteiger partial charge < -0.3 is 10.4 Å². The monoisotopic (exact) mass is 253 g/mol. The lowest BCUT2D eigenvalue weighted by Crippen LogP contribution is -2.07. The number of anilines is 1. The van der Waals surface area contributed by atoms with Crippen LogP contribution in [0.1, 0.15) is 34.7 Å². The molecule has 0 amide bonds. The van der Waals surface area contributed by atoms with Crippen LogP contribution in [0.2, 0.25) is 0 Å². The molecule has 0 fully saturated rings. The van der Waals surface area contributed by atoms with E-state index in [1.807, 2.05) is 12.1 Å². The molecule has 0 aliphatic heterocycles. The Balaban J connectivity index is 1.84. The second kappa shape index (κ2) is 4.61. The fourth-order valence-corrected chi connectivity index (χ4v) is 2.79. The fraction of sp³-hybridized carbons (Fsp3) is 0.294. The van der Waals surface area contributed by atoms with Gasteiger partial charge in [0.25, 0.3) is 0 Å². The van der Waals surface area contributed by atoms with E-state index in [4.69, 9.17) is 0 Å². The molecule has 0 spiro atoms. The molecule has 0 bridgehead atoms. The second-order valence-electron chi connectivity index (χ2n) is 5.42. The quantitative estimate of drug-likeness (QED) is 0.844. The zero-order valence-electron chi connectivity index (χ0n) is 11.4. The summed E-state index contributed by atoms with van der Waals surface area (Å²) < 4.78 is 0. The van der Waals surface area contributed by atoms with Gasteiger partial charge in [-0.2, -0.15) is 0 Å². The van der Waals surface area contributed by atoms with Crippen molar-refractivity contribution in [2.45, 2.75) is 32.7 Å². The number of hydrogen-bond acceptors (Lipinski definition) is 2. The van der Waals surface area contributed by atoms with Crippen molar-refractivity contribution in [2.24, 2.45) is 0 Å². The molecule has 2 aromatic rings. The number of aryl methyl sites for hydroxylation is 3. The summed E-state index contributed by atoms with van der Waals surface area (Å²) in [5, 5.41) is 13.1. The number of hydrogen-bond donors (Lipinski definition) is 2. The maximum atomic E-state index is 9.52. The summed E-state index contributed by atoms with van der Waals surface area (Å²) in [5.74, 6) is 0.366. The highest BCUT2D eigenvalue weighted by Gasteiger charge is 2.22. The topological polar surface area (TPSA) is 32.3 Å². The van der Waals surface area contributed by atoms with Crippen LogP contribution in [0.4, 0.5) is 5.69 Å². The van der Waals surface area contributed by atoms with E-state index in [1.165, 1.54) is 27.9 Å². The van der Waals surface area contributed by atoms with E-state index in [1.54, 1.807) is 6.07 Å². The Morgan fingerprint density at radius 2 is 1.89 bits per heavy atom. The van der Waals surface area contributed by atoms with Crippen LogP contribution in [0.15, 0.2) is 36.4 Å². The van der Waals surface area contributed by atoms with Gasteiger partial charge in [-0.05, 0) is 73.2 Å². The summed E-state index contributed by atoms with van der Waals surface area (Å²) >= 11 is 0. The summed E-state index contributed by atoms with van der Waals surface area (Å²) in [4.78, 5) is 0. The van der Waals surface area contributed by atoms with Crippen LogP contribution in [-0.2, 0) is 6.42 Å². The number of nitrogens with one attached hydrogen (secondary N) is 1. The molecular formula is C17H19NO. The summed E-state index contributed by atoms with van der Waals surface area (Å²) in [5.41, 5.74) is 6.39. The third kappa shape index (κ3) is 2.30. The van der Waals surface area contributed by atoms with Gasteiger partial charge in [-0.3, -0.25) is 0 Å². The fourth-order valence-electron chi connectivity index (χ4n) is 2.79. The minimum absolute atomic E-state index is 0.359. The molecule has 2 aromatic carbocycles. The lowest BCUT2D eigenvalue weighted by atomic mass is 10.1. The van der Waals surface area contributed by atoms with Gasteiger partial charge in [0.15, 0.2) is 0 Å². The van der Waals surface area contributed by atoms with Crippen molar-refractivity contribution >= 4 is 5.69 Å². The maximum Gasteiger partial charge on any atom is 0.115 e. The molecule has 1 aliphatic rings. The van der Waals surface area contributed by atoms with E-state index in [-0.39, 0.29) is 0 Å². The molecule has 2 heteroatoms. The van der Waals surface area contributed by atoms with Gasteiger partial charge >= 0.3 is 0 Å². The number of phenolic OH excluding ortho intramolecular Hbond substituents is 1. The Hall–Kier alpha value is -1.96. The number of fused-ring (bicyclic) bond motifs is 1. The van der Waals surface area contributed by atoms with Gasteiger partial charge in [0.2, 0.25) is 0 Å². The van der Waals surface area contributed by atoms with Crippen molar-refractivity contribution in [3.63, 3.8) is 0 Å². The zero-order valence-corrected chi connectivity index (χ0v) is 11.4. The van der Waals surface area contributed by atoms with Crippen LogP contribution in [-0.4, -0.2) is 5.11 Å². The van der Waals surface area contributed by atoms with Gasteiger partial charge in [0, 0.05) is 5.69 Å². The Morgan fingerprint density at radius 1 is 1.05 bits per heavy atom. The molecule has 19 heavy (non-hydrogen) atoms. The van der Waals surface area contributed by atoms with Crippen molar-refractivity contribution in [3.05, 3.63) is 58.7 Å². The van der Waals surface area contributed by atoms with Crippen LogP contribution in [0, 0.1) is 13.8 Å². The van der Waals surface area contributed by atoms with Gasteiger partial charge in [-0.1, -0.05) is 12.1 Å². The molecule has 1 aliphatic carbocycles. The van der Waals surface area contributed by atoms with Crippen LogP contribution in [0.25, 0.3) is 0 Å². The Bertz CT molecular complexity index is 619. The van der Waals surface area contributed by atoms with E-state index in [0.717, 1.165) is 12.8 Å². The van der Waals surface area contributed by atoms with E-state index >= 15 is 0 Å². The lowest BCUT2D eigenvalue weighted by Gasteiger charge is -2.16. The summed E-state index contributed by atoms with van der Waals surface area (Å²) in [7, 11) is 0. The van der Waals surface area contributed by atoms with Gasteiger partial charge in [0.05, 0.1) is 6.04 Å². The van der Waals surface area contributed by atoms with E-state index in [2.05, 4.69) is 37.4 Å². The Morgan fingerprint density at radius 3 is 2.68 bits per heavy atom. The molecule has 2 nitrogen and oxygen atoms in total. The molecular weight excluding hydrogens is 234 g/mol. The lowest BCUT2D eigenvalue weighted by molar-refractivity contribution is 0.474. The normalized spacial score (nSPS) is 17.3. The standard InChI is InChI=1S/C17H19NO/c1-11-3-5-14(9-12(11)2)18-17-8-4-13-10-15(19)6-7-16(13)17/h3,5-7,9-10,17-19H,4,8H2,1-2H3. The number of rotatable bonds is 2. The molecule has 1 unspecified atom stereocenters. The first-order chi connectivity index (χ1) is 9.13. The van der Waals surface area contributed by atoms with Crippen LogP contribution < -0.4 is 5.32 Å². The molecule has 1 atom stereocenters. The maximum absolute atomic E-state index is 9.52. The average molecular weight is 253 g/mol. The van der Waals surface area contributed by atoms with Gasteiger partial charge in [0.1, 0.15) is 5.75 Å². The zero-order chi connectivity index (χ0) is 13.4. The minimum atomic E-state index is 0.359. The SMILES string of the molecule is Cc1ccc(NC2CCc3cc(O)ccc32)cc1C. The van der Waals surface area contributed by atoms with Crippen molar-refractivity contribution < 1.29 is 5.11 Å². The second-order valence-corrected chi connectivity index (χ2v) is 5.42. The van der Waals surface area contributed by atoms with Crippen LogP contribution >= 0.6 is 0 Å². The molecule has 0 saturated heterocycles. The first-order valence-electron chi connectivity index (χ1n) is 6.79.